The summed E-state index contributed by atoms with van der Waals surface area (Å²) in [6, 6.07) is 15.3. The summed E-state index contributed by atoms with van der Waals surface area (Å²) in [5.41, 5.74) is 3.29. The van der Waals surface area contributed by atoms with Gasteiger partial charge in [-0.3, -0.25) is 4.79 Å². The number of rotatable bonds is 3. The molecule has 3 nitrogen and oxygen atoms in total. The summed E-state index contributed by atoms with van der Waals surface area (Å²) < 4.78 is 0. The van der Waals surface area contributed by atoms with Gasteiger partial charge in [0.1, 0.15) is 6.04 Å². The fourth-order valence-electron chi connectivity index (χ4n) is 2.37. The molecule has 1 amide bonds. The van der Waals surface area contributed by atoms with E-state index in [1.807, 2.05) is 42.5 Å². The van der Waals surface area contributed by atoms with Crippen LogP contribution in [-0.2, 0) is 17.8 Å². The minimum absolute atomic E-state index is 0.0242. The van der Waals surface area contributed by atoms with Crippen LogP contribution in [0.25, 0.3) is 0 Å². The molecule has 2 aromatic rings. The first-order valence-electron chi connectivity index (χ1n) is 6.59. The van der Waals surface area contributed by atoms with Crippen LogP contribution in [0, 0.1) is 0 Å². The van der Waals surface area contributed by atoms with Gasteiger partial charge in [0.15, 0.2) is 0 Å². The molecule has 1 unspecified atom stereocenters. The van der Waals surface area contributed by atoms with Crippen molar-refractivity contribution in [3.8, 4) is 0 Å². The lowest BCUT2D eigenvalue weighted by molar-refractivity contribution is -0.121. The summed E-state index contributed by atoms with van der Waals surface area (Å²) in [5, 5.41) is 6.90. The number of halogens is 1. The summed E-state index contributed by atoms with van der Waals surface area (Å²) in [6.45, 7) is 0.518. The largest absolute Gasteiger partial charge is 0.373 e. The second-order valence-electron chi connectivity index (χ2n) is 4.90. The van der Waals surface area contributed by atoms with Gasteiger partial charge < -0.3 is 10.6 Å². The molecule has 1 heterocycles. The SMILES string of the molecule is O=C(NCc1ccc(Cl)cc1)C1Cc2ccccc2N1. The molecule has 1 aliphatic heterocycles. The van der Waals surface area contributed by atoms with Crippen molar-refractivity contribution in [1.29, 1.82) is 0 Å². The maximum absolute atomic E-state index is 12.2. The van der Waals surface area contributed by atoms with Crippen LogP contribution >= 0.6 is 11.6 Å². The maximum Gasteiger partial charge on any atom is 0.243 e. The Morgan fingerprint density at radius 3 is 2.70 bits per heavy atom. The first-order chi connectivity index (χ1) is 9.72. The Kier molecular flexibility index (Phi) is 3.61. The van der Waals surface area contributed by atoms with Crippen LogP contribution < -0.4 is 10.6 Å². The van der Waals surface area contributed by atoms with Crippen LogP contribution in [0.15, 0.2) is 48.5 Å². The van der Waals surface area contributed by atoms with E-state index in [0.717, 1.165) is 17.7 Å². The van der Waals surface area contributed by atoms with Crippen molar-refractivity contribution in [2.24, 2.45) is 0 Å². The average molecular weight is 287 g/mol. The number of carbonyl (C=O) groups excluding carboxylic acids is 1. The first kappa shape index (κ1) is 13.0. The molecule has 2 N–H and O–H groups in total. The molecule has 0 saturated heterocycles. The van der Waals surface area contributed by atoms with Gasteiger partial charge in [0.05, 0.1) is 0 Å². The highest BCUT2D eigenvalue weighted by atomic mass is 35.5. The Bertz CT molecular complexity index is 600. The minimum Gasteiger partial charge on any atom is -0.373 e. The second-order valence-corrected chi connectivity index (χ2v) is 5.34. The van der Waals surface area contributed by atoms with Gasteiger partial charge in [0.25, 0.3) is 0 Å². The third-order valence-electron chi connectivity index (χ3n) is 3.47. The van der Waals surface area contributed by atoms with E-state index >= 15 is 0 Å². The number of amides is 1. The molecule has 1 atom stereocenters. The predicted molar refractivity (Wildman–Crippen MR) is 80.9 cm³/mol. The van der Waals surface area contributed by atoms with Gasteiger partial charge in [-0.2, -0.15) is 0 Å². The number of hydrogen-bond acceptors (Lipinski definition) is 2. The predicted octanol–water partition coefficient (Wildman–Crippen LogP) is 2.99. The molecule has 0 saturated carbocycles. The Morgan fingerprint density at radius 1 is 1.20 bits per heavy atom. The van der Waals surface area contributed by atoms with Gasteiger partial charge in [-0.15, -0.1) is 0 Å². The number of anilines is 1. The van der Waals surface area contributed by atoms with Gasteiger partial charge >= 0.3 is 0 Å². The molecule has 0 radical (unpaired) electrons. The van der Waals surface area contributed by atoms with Gasteiger partial charge in [0.2, 0.25) is 5.91 Å². The Morgan fingerprint density at radius 2 is 1.95 bits per heavy atom. The van der Waals surface area contributed by atoms with Crippen LogP contribution in [0.1, 0.15) is 11.1 Å². The van der Waals surface area contributed by atoms with Crippen molar-refractivity contribution in [2.45, 2.75) is 19.0 Å². The van der Waals surface area contributed by atoms with E-state index in [-0.39, 0.29) is 11.9 Å². The molecule has 1 aliphatic rings. The van der Waals surface area contributed by atoms with E-state index in [1.54, 1.807) is 0 Å². The molecule has 0 aliphatic carbocycles. The number of hydrogen-bond donors (Lipinski definition) is 2. The quantitative estimate of drug-likeness (QED) is 0.911. The van der Waals surface area contributed by atoms with E-state index in [9.17, 15) is 4.79 Å². The zero-order chi connectivity index (χ0) is 13.9. The van der Waals surface area contributed by atoms with E-state index in [2.05, 4.69) is 16.7 Å². The van der Waals surface area contributed by atoms with E-state index in [1.165, 1.54) is 5.56 Å². The third-order valence-corrected chi connectivity index (χ3v) is 3.72. The van der Waals surface area contributed by atoms with Crippen molar-refractivity contribution in [3.63, 3.8) is 0 Å². The highest BCUT2D eigenvalue weighted by Crippen LogP contribution is 2.25. The van der Waals surface area contributed by atoms with E-state index in [0.29, 0.717) is 11.6 Å². The first-order valence-corrected chi connectivity index (χ1v) is 6.97. The molecular weight excluding hydrogens is 272 g/mol. The number of carbonyl (C=O) groups is 1. The zero-order valence-electron chi connectivity index (χ0n) is 10.9. The topological polar surface area (TPSA) is 41.1 Å². The molecule has 0 aromatic heterocycles. The standard InChI is InChI=1S/C16H15ClN2O/c17-13-7-5-11(6-8-13)10-18-16(20)15-9-12-3-1-2-4-14(12)19-15/h1-8,15,19H,9-10H2,(H,18,20). The lowest BCUT2D eigenvalue weighted by Crippen LogP contribution is -2.38. The average Bonchev–Trinajstić information content (AvgIpc) is 2.90. The second kappa shape index (κ2) is 5.55. The van der Waals surface area contributed by atoms with Gasteiger partial charge in [-0.25, -0.2) is 0 Å². The van der Waals surface area contributed by atoms with Gasteiger partial charge in [0, 0.05) is 23.7 Å². The fourth-order valence-corrected chi connectivity index (χ4v) is 2.50. The molecule has 0 bridgehead atoms. The molecule has 2 aromatic carbocycles. The molecule has 3 rings (SSSR count). The van der Waals surface area contributed by atoms with E-state index < -0.39 is 0 Å². The number of para-hydroxylation sites is 1. The number of benzene rings is 2. The molecule has 20 heavy (non-hydrogen) atoms. The fraction of sp³-hybridized carbons (Fsp3) is 0.188. The molecule has 0 spiro atoms. The molecule has 0 fully saturated rings. The minimum atomic E-state index is -0.181. The summed E-state index contributed by atoms with van der Waals surface area (Å²) in [7, 11) is 0. The van der Waals surface area contributed by atoms with Crippen molar-refractivity contribution < 1.29 is 4.79 Å². The third kappa shape index (κ3) is 2.78. The monoisotopic (exact) mass is 286 g/mol. The van der Waals surface area contributed by atoms with Crippen LogP contribution in [0.3, 0.4) is 0 Å². The Hall–Kier alpha value is -2.00. The Balaban J connectivity index is 1.57. The smallest absolute Gasteiger partial charge is 0.243 e. The molecular formula is C16H15ClN2O. The van der Waals surface area contributed by atoms with Crippen molar-refractivity contribution >= 4 is 23.2 Å². The molecule has 102 valence electrons. The highest BCUT2D eigenvalue weighted by molar-refractivity contribution is 6.30. The Labute approximate surface area is 123 Å². The van der Waals surface area contributed by atoms with Crippen LogP contribution in [0.5, 0.6) is 0 Å². The number of nitrogens with one attached hydrogen (secondary N) is 2. The maximum atomic E-state index is 12.2. The highest BCUT2D eigenvalue weighted by Gasteiger charge is 2.25. The van der Waals surface area contributed by atoms with Crippen molar-refractivity contribution in [2.75, 3.05) is 5.32 Å². The normalized spacial score (nSPS) is 16.4. The van der Waals surface area contributed by atoms with Crippen LogP contribution in [0.4, 0.5) is 5.69 Å². The van der Waals surface area contributed by atoms with Gasteiger partial charge in [-0.1, -0.05) is 41.9 Å². The van der Waals surface area contributed by atoms with Crippen LogP contribution in [0.2, 0.25) is 5.02 Å². The van der Waals surface area contributed by atoms with Crippen molar-refractivity contribution in [1.82, 2.24) is 5.32 Å². The lowest BCUT2D eigenvalue weighted by Gasteiger charge is -2.12. The van der Waals surface area contributed by atoms with E-state index in [4.69, 9.17) is 11.6 Å². The number of fused-ring (bicyclic) bond motifs is 1. The van der Waals surface area contributed by atoms with Crippen molar-refractivity contribution in [3.05, 3.63) is 64.7 Å². The summed E-state index contributed by atoms with van der Waals surface area (Å²) >= 11 is 5.83. The zero-order valence-corrected chi connectivity index (χ0v) is 11.7. The summed E-state index contributed by atoms with van der Waals surface area (Å²) in [6.07, 6.45) is 0.739. The van der Waals surface area contributed by atoms with Crippen LogP contribution in [-0.4, -0.2) is 11.9 Å². The molecule has 4 heteroatoms. The summed E-state index contributed by atoms with van der Waals surface area (Å²) in [4.78, 5) is 12.2. The lowest BCUT2D eigenvalue weighted by atomic mass is 10.1. The van der Waals surface area contributed by atoms with Gasteiger partial charge in [-0.05, 0) is 29.3 Å². The summed E-state index contributed by atoms with van der Waals surface area (Å²) in [5.74, 6) is 0.0242.